The minimum Gasteiger partial charge on any atom is -0.496 e. The van der Waals surface area contributed by atoms with Crippen molar-refractivity contribution in [3.63, 3.8) is 0 Å². The van der Waals surface area contributed by atoms with E-state index >= 15 is 0 Å². The third kappa shape index (κ3) is 5.43. The van der Waals surface area contributed by atoms with Crippen LogP contribution in [0.2, 0.25) is 0 Å². The Labute approximate surface area is 160 Å². The molecule has 0 bridgehead atoms. The van der Waals surface area contributed by atoms with E-state index in [4.69, 9.17) is 9.47 Å². The lowest BCUT2D eigenvalue weighted by atomic mass is 10.1. The molecule has 0 saturated heterocycles. The maximum atomic E-state index is 13.7. The van der Waals surface area contributed by atoms with Crippen molar-refractivity contribution in [3.8, 4) is 5.75 Å². The fourth-order valence-electron chi connectivity index (χ4n) is 2.39. The minimum absolute atomic E-state index is 0.130. The van der Waals surface area contributed by atoms with Gasteiger partial charge in [-0.15, -0.1) is 11.8 Å². The highest BCUT2D eigenvalue weighted by Crippen LogP contribution is 2.26. The summed E-state index contributed by atoms with van der Waals surface area (Å²) < 4.78 is 36.9. The Morgan fingerprint density at radius 2 is 1.93 bits per heavy atom. The van der Waals surface area contributed by atoms with E-state index < -0.39 is 36.2 Å². The second kappa shape index (κ2) is 9.36. The molecule has 0 aliphatic carbocycles. The number of amides is 1. The summed E-state index contributed by atoms with van der Waals surface area (Å²) in [5, 5.41) is 2.50. The van der Waals surface area contributed by atoms with Gasteiger partial charge in [-0.2, -0.15) is 0 Å². The van der Waals surface area contributed by atoms with Gasteiger partial charge in [0.2, 0.25) is 0 Å². The molecule has 0 aliphatic rings. The van der Waals surface area contributed by atoms with Crippen LogP contribution < -0.4 is 10.1 Å². The number of thioether (sulfide) groups is 1. The quantitative estimate of drug-likeness (QED) is 0.572. The monoisotopic (exact) mass is 395 g/mol. The molecule has 144 valence electrons. The van der Waals surface area contributed by atoms with Crippen molar-refractivity contribution >= 4 is 23.6 Å². The second-order valence-electron chi connectivity index (χ2n) is 5.60. The molecule has 2 rings (SSSR count). The Hall–Kier alpha value is -2.61. The highest BCUT2D eigenvalue weighted by atomic mass is 32.2. The third-order valence-electron chi connectivity index (χ3n) is 3.77. The van der Waals surface area contributed by atoms with E-state index in [9.17, 15) is 18.4 Å². The molecular formula is C19H19F2NO4S. The molecule has 0 radical (unpaired) electrons. The van der Waals surface area contributed by atoms with E-state index in [0.29, 0.717) is 5.75 Å². The average molecular weight is 395 g/mol. The SMILES string of the molecule is COc1cc(SC)ccc1C(=O)OCC(=O)N[C@@H](C)c1ccc(F)cc1F. The van der Waals surface area contributed by atoms with Crippen LogP contribution in [-0.2, 0) is 9.53 Å². The number of nitrogens with one attached hydrogen (secondary N) is 1. The molecule has 5 nitrogen and oxygen atoms in total. The summed E-state index contributed by atoms with van der Waals surface area (Å²) in [7, 11) is 1.43. The molecule has 2 aromatic rings. The second-order valence-corrected chi connectivity index (χ2v) is 6.48. The van der Waals surface area contributed by atoms with E-state index in [0.717, 1.165) is 17.0 Å². The normalized spacial score (nSPS) is 11.6. The van der Waals surface area contributed by atoms with E-state index in [-0.39, 0.29) is 11.1 Å². The van der Waals surface area contributed by atoms with Gasteiger partial charge in [-0.3, -0.25) is 4.79 Å². The average Bonchev–Trinajstić information content (AvgIpc) is 2.65. The summed E-state index contributed by atoms with van der Waals surface area (Å²) >= 11 is 1.49. The number of benzene rings is 2. The molecule has 1 N–H and O–H groups in total. The molecule has 1 amide bonds. The Bertz CT molecular complexity index is 844. The van der Waals surface area contributed by atoms with Crippen LogP contribution in [0, 0.1) is 11.6 Å². The molecule has 0 fully saturated rings. The van der Waals surface area contributed by atoms with Gasteiger partial charge in [0.1, 0.15) is 22.9 Å². The molecule has 27 heavy (non-hydrogen) atoms. The summed E-state index contributed by atoms with van der Waals surface area (Å²) in [4.78, 5) is 25.1. The fraction of sp³-hybridized carbons (Fsp3) is 0.263. The number of ether oxygens (including phenoxy) is 2. The van der Waals surface area contributed by atoms with Gasteiger partial charge in [0.25, 0.3) is 5.91 Å². The Kier molecular flexibility index (Phi) is 7.18. The van der Waals surface area contributed by atoms with Crippen LogP contribution in [0.5, 0.6) is 5.75 Å². The van der Waals surface area contributed by atoms with Gasteiger partial charge in [-0.25, -0.2) is 13.6 Å². The van der Waals surface area contributed by atoms with Gasteiger partial charge in [-0.05, 0) is 37.4 Å². The standard InChI is InChI=1S/C19H19F2NO4S/c1-11(14-6-4-12(20)8-16(14)21)22-18(23)10-26-19(24)15-7-5-13(27-3)9-17(15)25-2/h4-9,11H,10H2,1-3H3,(H,22,23)/t11-/m0/s1. The van der Waals surface area contributed by atoms with E-state index in [1.54, 1.807) is 25.1 Å². The fourth-order valence-corrected chi connectivity index (χ4v) is 2.82. The van der Waals surface area contributed by atoms with E-state index in [2.05, 4.69) is 5.32 Å². The van der Waals surface area contributed by atoms with Crippen LogP contribution in [0.3, 0.4) is 0 Å². The topological polar surface area (TPSA) is 64.6 Å². The molecular weight excluding hydrogens is 376 g/mol. The predicted molar refractivity (Wildman–Crippen MR) is 98.0 cm³/mol. The maximum Gasteiger partial charge on any atom is 0.342 e. The Morgan fingerprint density at radius 3 is 2.56 bits per heavy atom. The third-order valence-corrected chi connectivity index (χ3v) is 4.49. The van der Waals surface area contributed by atoms with Crippen LogP contribution in [0.4, 0.5) is 8.78 Å². The molecule has 1 atom stereocenters. The molecule has 0 unspecified atom stereocenters. The van der Waals surface area contributed by atoms with Crippen molar-refractivity contribution < 1.29 is 27.8 Å². The first-order chi connectivity index (χ1) is 12.8. The van der Waals surface area contributed by atoms with Gasteiger partial charge in [0.05, 0.1) is 13.2 Å². The van der Waals surface area contributed by atoms with Crippen LogP contribution >= 0.6 is 11.8 Å². The van der Waals surface area contributed by atoms with Gasteiger partial charge in [0.15, 0.2) is 6.61 Å². The van der Waals surface area contributed by atoms with Crippen molar-refractivity contribution in [3.05, 3.63) is 59.2 Å². The summed E-state index contributed by atoms with van der Waals surface area (Å²) in [5.41, 5.74) is 0.325. The van der Waals surface area contributed by atoms with Crippen molar-refractivity contribution in [1.82, 2.24) is 5.32 Å². The highest BCUT2D eigenvalue weighted by molar-refractivity contribution is 7.98. The minimum atomic E-state index is -0.765. The maximum absolute atomic E-state index is 13.7. The van der Waals surface area contributed by atoms with E-state index in [1.807, 2.05) is 6.26 Å². The molecule has 0 heterocycles. The molecule has 0 spiro atoms. The first kappa shape index (κ1) is 20.7. The molecule has 8 heteroatoms. The number of rotatable bonds is 7. The van der Waals surface area contributed by atoms with Crippen molar-refractivity contribution in [1.29, 1.82) is 0 Å². The van der Waals surface area contributed by atoms with Gasteiger partial charge in [0, 0.05) is 16.5 Å². The lowest BCUT2D eigenvalue weighted by Crippen LogP contribution is -2.31. The Morgan fingerprint density at radius 1 is 1.19 bits per heavy atom. The van der Waals surface area contributed by atoms with Crippen LogP contribution in [0.1, 0.15) is 28.9 Å². The first-order valence-corrected chi connectivity index (χ1v) is 9.21. The van der Waals surface area contributed by atoms with E-state index in [1.165, 1.54) is 24.9 Å². The molecule has 0 saturated carbocycles. The largest absolute Gasteiger partial charge is 0.496 e. The van der Waals surface area contributed by atoms with Gasteiger partial charge >= 0.3 is 5.97 Å². The molecule has 2 aromatic carbocycles. The zero-order valence-electron chi connectivity index (χ0n) is 15.0. The predicted octanol–water partition coefficient (Wildman–Crippen LogP) is 3.73. The number of esters is 1. The van der Waals surface area contributed by atoms with Crippen molar-refractivity contribution in [2.45, 2.75) is 17.9 Å². The summed E-state index contributed by atoms with van der Waals surface area (Å²) in [5.74, 6) is -2.45. The highest BCUT2D eigenvalue weighted by Gasteiger charge is 2.18. The number of hydrogen-bond acceptors (Lipinski definition) is 5. The van der Waals surface area contributed by atoms with Crippen LogP contribution in [0.15, 0.2) is 41.3 Å². The zero-order valence-corrected chi connectivity index (χ0v) is 15.9. The van der Waals surface area contributed by atoms with Crippen molar-refractivity contribution in [2.24, 2.45) is 0 Å². The number of carbonyl (C=O) groups excluding carboxylic acids is 2. The molecule has 0 aromatic heterocycles. The number of hydrogen-bond donors (Lipinski definition) is 1. The zero-order chi connectivity index (χ0) is 20.0. The van der Waals surface area contributed by atoms with Crippen molar-refractivity contribution in [2.75, 3.05) is 20.0 Å². The summed E-state index contributed by atoms with van der Waals surface area (Å²) in [6.07, 6.45) is 1.89. The van der Waals surface area contributed by atoms with Gasteiger partial charge < -0.3 is 14.8 Å². The number of carbonyl (C=O) groups is 2. The summed E-state index contributed by atoms with van der Waals surface area (Å²) in [6, 6.07) is 7.37. The summed E-state index contributed by atoms with van der Waals surface area (Å²) in [6.45, 7) is 1.000. The lowest BCUT2D eigenvalue weighted by Gasteiger charge is -2.15. The lowest BCUT2D eigenvalue weighted by molar-refractivity contribution is -0.124. The van der Waals surface area contributed by atoms with Gasteiger partial charge in [-0.1, -0.05) is 6.07 Å². The molecule has 0 aliphatic heterocycles. The number of methoxy groups -OCH3 is 1. The first-order valence-electron chi connectivity index (χ1n) is 7.99. The Balaban J connectivity index is 1.96. The number of halogens is 2. The smallest absolute Gasteiger partial charge is 0.342 e. The van der Waals surface area contributed by atoms with Crippen LogP contribution in [0.25, 0.3) is 0 Å². The van der Waals surface area contributed by atoms with Crippen LogP contribution in [-0.4, -0.2) is 31.8 Å².